The third-order valence-corrected chi connectivity index (χ3v) is 4.58. The van der Waals surface area contributed by atoms with Crippen molar-refractivity contribution in [2.24, 2.45) is 23.7 Å². The summed E-state index contributed by atoms with van der Waals surface area (Å²) in [6.07, 6.45) is 7.96. The van der Waals surface area contributed by atoms with Crippen LogP contribution in [0.2, 0.25) is 0 Å². The van der Waals surface area contributed by atoms with Crippen molar-refractivity contribution in [2.45, 2.75) is 44.9 Å². The van der Waals surface area contributed by atoms with Gasteiger partial charge in [-0.25, -0.2) is 0 Å². The van der Waals surface area contributed by atoms with E-state index in [2.05, 4.69) is 5.32 Å². The quantitative estimate of drug-likeness (QED) is 0.723. The van der Waals surface area contributed by atoms with Crippen LogP contribution in [0.1, 0.15) is 44.9 Å². The van der Waals surface area contributed by atoms with Gasteiger partial charge in [0.2, 0.25) is 11.8 Å². The first-order valence-electron chi connectivity index (χ1n) is 6.59. The summed E-state index contributed by atoms with van der Waals surface area (Å²) in [6.45, 7) is 0. The van der Waals surface area contributed by atoms with Gasteiger partial charge >= 0.3 is 0 Å². The molecule has 1 saturated heterocycles. The maximum Gasteiger partial charge on any atom is 0.230 e. The first-order chi connectivity index (χ1) is 7.75. The Labute approximate surface area is 96.0 Å². The van der Waals surface area contributed by atoms with E-state index in [4.69, 9.17) is 0 Å². The Morgan fingerprint density at radius 3 is 2.25 bits per heavy atom. The molecule has 3 heteroatoms. The van der Waals surface area contributed by atoms with Gasteiger partial charge in [-0.05, 0) is 43.4 Å². The lowest BCUT2D eigenvalue weighted by Crippen LogP contribution is -2.48. The summed E-state index contributed by atoms with van der Waals surface area (Å²) in [4.78, 5) is 23.4. The monoisotopic (exact) mass is 221 g/mol. The zero-order valence-electron chi connectivity index (χ0n) is 9.58. The minimum atomic E-state index is -0.0452. The van der Waals surface area contributed by atoms with Gasteiger partial charge in [0.1, 0.15) is 0 Å². The predicted molar refractivity (Wildman–Crippen MR) is 59.4 cm³/mol. The smallest absolute Gasteiger partial charge is 0.230 e. The molecule has 3 aliphatic rings. The largest absolute Gasteiger partial charge is 0.296 e. The number of hydrogen-bond donors (Lipinski definition) is 1. The molecule has 2 unspecified atom stereocenters. The van der Waals surface area contributed by atoms with E-state index in [0.29, 0.717) is 24.2 Å². The molecule has 0 aromatic heterocycles. The van der Waals surface area contributed by atoms with Crippen molar-refractivity contribution >= 4 is 11.8 Å². The number of rotatable bonds is 2. The average molecular weight is 221 g/mol. The van der Waals surface area contributed by atoms with E-state index >= 15 is 0 Å². The molecule has 0 aromatic carbocycles. The van der Waals surface area contributed by atoms with Gasteiger partial charge in [0, 0.05) is 12.3 Å². The summed E-state index contributed by atoms with van der Waals surface area (Å²) in [7, 11) is 0. The second-order valence-corrected chi connectivity index (χ2v) is 5.69. The molecule has 3 nitrogen and oxygen atoms in total. The summed E-state index contributed by atoms with van der Waals surface area (Å²) >= 11 is 0. The van der Waals surface area contributed by atoms with Crippen molar-refractivity contribution in [3.05, 3.63) is 0 Å². The molecule has 3 fully saturated rings. The van der Waals surface area contributed by atoms with Crippen molar-refractivity contribution in [1.29, 1.82) is 0 Å². The van der Waals surface area contributed by atoms with Gasteiger partial charge < -0.3 is 0 Å². The van der Waals surface area contributed by atoms with E-state index in [-0.39, 0.29) is 17.7 Å². The summed E-state index contributed by atoms with van der Waals surface area (Å²) in [5.74, 6) is 1.72. The lowest BCUT2D eigenvalue weighted by molar-refractivity contribution is -0.141. The van der Waals surface area contributed by atoms with Crippen molar-refractivity contribution in [3.63, 3.8) is 0 Å². The molecular weight excluding hydrogens is 202 g/mol. The van der Waals surface area contributed by atoms with Crippen LogP contribution < -0.4 is 5.32 Å². The molecule has 1 aliphatic heterocycles. The number of imide groups is 1. The maximum atomic E-state index is 12.0. The zero-order chi connectivity index (χ0) is 11.1. The summed E-state index contributed by atoms with van der Waals surface area (Å²) in [5, 5.41) is 2.54. The highest BCUT2D eigenvalue weighted by Gasteiger charge is 2.47. The van der Waals surface area contributed by atoms with E-state index in [1.54, 1.807) is 0 Å². The molecule has 1 heterocycles. The summed E-state index contributed by atoms with van der Waals surface area (Å²) in [5.41, 5.74) is 0. The molecule has 88 valence electrons. The third kappa shape index (κ3) is 1.76. The SMILES string of the molecule is O=C1CC(C2CC2)C(C2CCCC2)C(=O)N1. The third-order valence-electron chi connectivity index (χ3n) is 4.58. The molecule has 0 spiro atoms. The molecule has 0 radical (unpaired) electrons. The van der Waals surface area contributed by atoms with Crippen LogP contribution in [0, 0.1) is 23.7 Å². The summed E-state index contributed by atoms with van der Waals surface area (Å²) < 4.78 is 0. The van der Waals surface area contributed by atoms with Gasteiger partial charge in [0.05, 0.1) is 0 Å². The topological polar surface area (TPSA) is 46.2 Å². The molecule has 2 amide bonds. The van der Waals surface area contributed by atoms with Crippen molar-refractivity contribution in [3.8, 4) is 0 Å². The molecule has 0 aromatic rings. The fourth-order valence-electron chi connectivity index (χ4n) is 3.67. The highest BCUT2D eigenvalue weighted by Crippen LogP contribution is 2.48. The van der Waals surface area contributed by atoms with Crippen LogP contribution in [0.3, 0.4) is 0 Å². The standard InChI is InChI=1S/C13H19NO2/c15-11-7-10(8-5-6-8)12(13(16)14-11)9-3-1-2-4-9/h8-10,12H,1-7H2,(H,14,15,16). The number of nitrogens with one attached hydrogen (secondary N) is 1. The lowest BCUT2D eigenvalue weighted by atomic mass is 9.74. The van der Waals surface area contributed by atoms with Crippen molar-refractivity contribution in [2.75, 3.05) is 0 Å². The molecule has 16 heavy (non-hydrogen) atoms. The van der Waals surface area contributed by atoms with E-state index in [1.807, 2.05) is 0 Å². The van der Waals surface area contributed by atoms with Gasteiger partial charge in [0.15, 0.2) is 0 Å². The van der Waals surface area contributed by atoms with Crippen molar-refractivity contribution in [1.82, 2.24) is 5.32 Å². The minimum absolute atomic E-state index is 0.0278. The Balaban J connectivity index is 1.80. The Kier molecular flexibility index (Phi) is 2.49. The van der Waals surface area contributed by atoms with Gasteiger partial charge in [-0.15, -0.1) is 0 Å². The van der Waals surface area contributed by atoms with E-state index in [0.717, 1.165) is 0 Å². The Hall–Kier alpha value is -0.860. The Morgan fingerprint density at radius 2 is 1.62 bits per heavy atom. The second kappa shape index (κ2) is 3.86. The molecule has 2 aliphatic carbocycles. The van der Waals surface area contributed by atoms with Crippen LogP contribution in [-0.2, 0) is 9.59 Å². The van der Waals surface area contributed by atoms with Crippen LogP contribution in [0.25, 0.3) is 0 Å². The van der Waals surface area contributed by atoms with Gasteiger partial charge in [-0.1, -0.05) is 12.8 Å². The fraction of sp³-hybridized carbons (Fsp3) is 0.846. The number of hydrogen-bond acceptors (Lipinski definition) is 2. The van der Waals surface area contributed by atoms with Gasteiger partial charge in [-0.3, -0.25) is 14.9 Å². The van der Waals surface area contributed by atoms with Crippen molar-refractivity contribution < 1.29 is 9.59 Å². The molecule has 1 N–H and O–H groups in total. The lowest BCUT2D eigenvalue weighted by Gasteiger charge is -2.34. The molecule has 3 rings (SSSR count). The minimum Gasteiger partial charge on any atom is -0.296 e. The van der Waals surface area contributed by atoms with E-state index in [9.17, 15) is 9.59 Å². The number of piperidine rings is 1. The highest BCUT2D eigenvalue weighted by molar-refractivity contribution is 5.99. The number of carbonyl (C=O) groups excluding carboxylic acids is 2. The first kappa shape index (κ1) is 10.3. The molecule has 2 atom stereocenters. The molecule has 0 bridgehead atoms. The first-order valence-corrected chi connectivity index (χ1v) is 6.59. The van der Waals surface area contributed by atoms with E-state index in [1.165, 1.54) is 38.5 Å². The van der Waals surface area contributed by atoms with Crippen LogP contribution in [0.4, 0.5) is 0 Å². The zero-order valence-corrected chi connectivity index (χ0v) is 9.58. The maximum absolute atomic E-state index is 12.0. The van der Waals surface area contributed by atoms with Crippen LogP contribution in [0.5, 0.6) is 0 Å². The molecular formula is C13H19NO2. The predicted octanol–water partition coefficient (Wildman–Crippen LogP) is 1.87. The van der Waals surface area contributed by atoms with E-state index < -0.39 is 0 Å². The Morgan fingerprint density at radius 1 is 0.938 bits per heavy atom. The van der Waals surface area contributed by atoms with Crippen LogP contribution in [0.15, 0.2) is 0 Å². The summed E-state index contributed by atoms with van der Waals surface area (Å²) in [6, 6.07) is 0. The normalized spacial score (nSPS) is 36.5. The second-order valence-electron chi connectivity index (χ2n) is 5.69. The molecule has 2 saturated carbocycles. The fourth-order valence-corrected chi connectivity index (χ4v) is 3.67. The average Bonchev–Trinajstić information content (AvgIpc) is 2.95. The van der Waals surface area contributed by atoms with Gasteiger partial charge in [-0.2, -0.15) is 0 Å². The highest BCUT2D eigenvalue weighted by atomic mass is 16.2. The Bertz CT molecular complexity index is 316. The number of amides is 2. The number of carbonyl (C=O) groups is 2. The van der Waals surface area contributed by atoms with Gasteiger partial charge in [0.25, 0.3) is 0 Å². The van der Waals surface area contributed by atoms with Crippen LogP contribution >= 0.6 is 0 Å². The van der Waals surface area contributed by atoms with Crippen LogP contribution in [-0.4, -0.2) is 11.8 Å².